The molecule has 0 spiro atoms. The molecule has 1 aromatic heterocycles. The van der Waals surface area contributed by atoms with Gasteiger partial charge < -0.3 is 20.5 Å². The molecule has 0 aliphatic carbocycles. The lowest BCUT2D eigenvalue weighted by Gasteiger charge is -2.11. The standard InChI is InChI=1S/C17H23N3O2S/c1-3-18-17(19-9-8-15-5-4-10-23-15)20-12-13-11-14(22-2)6-7-16(13)21/h4-7,10-11,21H,3,8-9,12H2,1-2H3,(H2,18,19,20). The van der Waals surface area contributed by atoms with Gasteiger partial charge in [-0.05, 0) is 43.0 Å². The molecule has 1 aromatic carbocycles. The Morgan fingerprint density at radius 2 is 2.17 bits per heavy atom. The van der Waals surface area contributed by atoms with Crippen molar-refractivity contribution in [3.63, 3.8) is 0 Å². The maximum Gasteiger partial charge on any atom is 0.191 e. The van der Waals surface area contributed by atoms with Gasteiger partial charge in [0.25, 0.3) is 0 Å². The minimum absolute atomic E-state index is 0.226. The third-order valence-corrected chi connectivity index (χ3v) is 4.22. The predicted octanol–water partition coefficient (Wildman–Crippen LogP) is 2.76. The highest BCUT2D eigenvalue weighted by molar-refractivity contribution is 7.09. The van der Waals surface area contributed by atoms with Gasteiger partial charge in [-0.2, -0.15) is 0 Å². The second-order valence-corrected chi connectivity index (χ2v) is 5.98. The molecule has 0 fully saturated rings. The normalized spacial score (nSPS) is 11.3. The number of phenols is 1. The Morgan fingerprint density at radius 3 is 2.87 bits per heavy atom. The number of hydrogen-bond donors (Lipinski definition) is 3. The van der Waals surface area contributed by atoms with E-state index in [-0.39, 0.29) is 5.75 Å². The number of rotatable bonds is 7. The lowest BCUT2D eigenvalue weighted by Crippen LogP contribution is -2.38. The number of aromatic hydroxyl groups is 1. The first-order chi connectivity index (χ1) is 11.2. The minimum Gasteiger partial charge on any atom is -0.508 e. The van der Waals surface area contributed by atoms with E-state index in [9.17, 15) is 5.11 Å². The van der Waals surface area contributed by atoms with Crippen LogP contribution in [-0.2, 0) is 13.0 Å². The lowest BCUT2D eigenvalue weighted by atomic mass is 10.2. The first-order valence-electron chi connectivity index (χ1n) is 7.63. The van der Waals surface area contributed by atoms with Gasteiger partial charge in [0.05, 0.1) is 13.7 Å². The Hall–Kier alpha value is -2.21. The van der Waals surface area contributed by atoms with Crippen LogP contribution in [0.5, 0.6) is 11.5 Å². The predicted molar refractivity (Wildman–Crippen MR) is 95.5 cm³/mol. The van der Waals surface area contributed by atoms with Crippen molar-refractivity contribution in [1.82, 2.24) is 10.6 Å². The molecule has 0 saturated carbocycles. The van der Waals surface area contributed by atoms with Crippen molar-refractivity contribution in [2.45, 2.75) is 19.9 Å². The Kier molecular flexibility index (Phi) is 6.75. The fraction of sp³-hybridized carbons (Fsp3) is 0.353. The molecule has 3 N–H and O–H groups in total. The number of phenolic OH excluding ortho intramolecular Hbond substituents is 1. The highest BCUT2D eigenvalue weighted by Gasteiger charge is 2.04. The van der Waals surface area contributed by atoms with Crippen molar-refractivity contribution in [2.75, 3.05) is 20.2 Å². The molecule has 0 aliphatic heterocycles. The van der Waals surface area contributed by atoms with E-state index in [1.54, 1.807) is 36.6 Å². The number of thiophene rings is 1. The summed E-state index contributed by atoms with van der Waals surface area (Å²) in [6.07, 6.45) is 0.965. The van der Waals surface area contributed by atoms with Gasteiger partial charge >= 0.3 is 0 Å². The van der Waals surface area contributed by atoms with Crippen LogP contribution in [0.1, 0.15) is 17.4 Å². The molecule has 1 heterocycles. The van der Waals surface area contributed by atoms with E-state index in [0.717, 1.165) is 31.0 Å². The molecule has 0 bridgehead atoms. The molecule has 2 rings (SSSR count). The van der Waals surface area contributed by atoms with Crippen LogP contribution in [0.2, 0.25) is 0 Å². The van der Waals surface area contributed by atoms with Gasteiger partial charge in [0.15, 0.2) is 5.96 Å². The van der Waals surface area contributed by atoms with Crippen LogP contribution in [-0.4, -0.2) is 31.3 Å². The van der Waals surface area contributed by atoms with Crippen molar-refractivity contribution >= 4 is 17.3 Å². The summed E-state index contributed by atoms with van der Waals surface area (Å²) in [4.78, 5) is 5.87. The van der Waals surface area contributed by atoms with Crippen molar-refractivity contribution < 1.29 is 9.84 Å². The zero-order chi connectivity index (χ0) is 16.5. The van der Waals surface area contributed by atoms with Crippen LogP contribution < -0.4 is 15.4 Å². The Morgan fingerprint density at radius 1 is 1.30 bits per heavy atom. The number of guanidine groups is 1. The van der Waals surface area contributed by atoms with E-state index in [4.69, 9.17) is 4.74 Å². The summed E-state index contributed by atoms with van der Waals surface area (Å²) in [7, 11) is 1.61. The molecular formula is C17H23N3O2S. The van der Waals surface area contributed by atoms with Gasteiger partial charge in [-0.1, -0.05) is 6.07 Å². The third-order valence-electron chi connectivity index (χ3n) is 3.28. The summed E-state index contributed by atoms with van der Waals surface area (Å²) >= 11 is 1.76. The first kappa shape index (κ1) is 17.1. The van der Waals surface area contributed by atoms with Crippen LogP contribution in [0.15, 0.2) is 40.7 Å². The highest BCUT2D eigenvalue weighted by Crippen LogP contribution is 2.23. The number of aliphatic imine (C=N–C) groups is 1. The van der Waals surface area contributed by atoms with Crippen molar-refractivity contribution in [3.05, 3.63) is 46.2 Å². The number of ether oxygens (including phenoxy) is 1. The van der Waals surface area contributed by atoms with Crippen LogP contribution in [0.25, 0.3) is 0 Å². The molecule has 0 radical (unpaired) electrons. The van der Waals surface area contributed by atoms with E-state index in [1.807, 2.05) is 6.92 Å². The van der Waals surface area contributed by atoms with Gasteiger partial charge in [0.2, 0.25) is 0 Å². The second-order valence-electron chi connectivity index (χ2n) is 4.95. The second kappa shape index (κ2) is 9.05. The Bertz CT molecular complexity index is 627. The SMILES string of the molecule is CCNC(=NCc1cc(OC)ccc1O)NCCc1cccs1. The Balaban J connectivity index is 1.95. The summed E-state index contributed by atoms with van der Waals surface area (Å²) in [5.41, 5.74) is 0.736. The highest BCUT2D eigenvalue weighted by atomic mass is 32.1. The molecule has 124 valence electrons. The van der Waals surface area contributed by atoms with Crippen LogP contribution >= 0.6 is 11.3 Å². The first-order valence-corrected chi connectivity index (χ1v) is 8.51. The van der Waals surface area contributed by atoms with E-state index < -0.39 is 0 Å². The topological polar surface area (TPSA) is 65.9 Å². The number of nitrogens with zero attached hydrogens (tertiary/aromatic N) is 1. The number of methoxy groups -OCH3 is 1. The van der Waals surface area contributed by atoms with Crippen LogP contribution in [0, 0.1) is 0 Å². The largest absolute Gasteiger partial charge is 0.508 e. The smallest absolute Gasteiger partial charge is 0.191 e. The van der Waals surface area contributed by atoms with Gasteiger partial charge in [0.1, 0.15) is 11.5 Å². The van der Waals surface area contributed by atoms with Gasteiger partial charge in [-0.15, -0.1) is 11.3 Å². The number of nitrogens with one attached hydrogen (secondary N) is 2. The van der Waals surface area contributed by atoms with E-state index in [0.29, 0.717) is 12.3 Å². The maximum absolute atomic E-state index is 9.91. The van der Waals surface area contributed by atoms with Gasteiger partial charge in [-0.25, -0.2) is 4.99 Å². The van der Waals surface area contributed by atoms with E-state index >= 15 is 0 Å². The summed E-state index contributed by atoms with van der Waals surface area (Å²) in [5.74, 6) is 1.68. The van der Waals surface area contributed by atoms with Crippen LogP contribution in [0.4, 0.5) is 0 Å². The van der Waals surface area contributed by atoms with Gasteiger partial charge in [0, 0.05) is 23.5 Å². The minimum atomic E-state index is 0.226. The fourth-order valence-corrected chi connectivity index (χ4v) is 2.79. The Labute approximate surface area is 141 Å². The number of hydrogen-bond acceptors (Lipinski definition) is 4. The summed E-state index contributed by atoms with van der Waals surface area (Å²) < 4.78 is 5.18. The van der Waals surface area contributed by atoms with E-state index in [1.165, 1.54) is 4.88 Å². The quantitative estimate of drug-likeness (QED) is 0.538. The third kappa shape index (κ3) is 5.49. The summed E-state index contributed by atoms with van der Waals surface area (Å²) in [6, 6.07) is 9.34. The number of benzene rings is 1. The molecule has 0 saturated heterocycles. The monoisotopic (exact) mass is 333 g/mol. The molecular weight excluding hydrogens is 310 g/mol. The molecule has 23 heavy (non-hydrogen) atoms. The lowest BCUT2D eigenvalue weighted by molar-refractivity contribution is 0.411. The molecule has 5 nitrogen and oxygen atoms in total. The molecule has 2 aromatic rings. The average molecular weight is 333 g/mol. The molecule has 6 heteroatoms. The van der Waals surface area contributed by atoms with E-state index in [2.05, 4.69) is 33.1 Å². The zero-order valence-corrected chi connectivity index (χ0v) is 14.3. The maximum atomic E-state index is 9.91. The summed E-state index contributed by atoms with van der Waals surface area (Å²) in [6.45, 7) is 4.02. The molecule has 0 atom stereocenters. The fourth-order valence-electron chi connectivity index (χ4n) is 2.08. The van der Waals surface area contributed by atoms with Crippen molar-refractivity contribution in [2.24, 2.45) is 4.99 Å². The van der Waals surface area contributed by atoms with Crippen molar-refractivity contribution in [3.8, 4) is 11.5 Å². The molecule has 0 unspecified atom stereocenters. The van der Waals surface area contributed by atoms with Crippen LogP contribution in [0.3, 0.4) is 0 Å². The zero-order valence-electron chi connectivity index (χ0n) is 13.5. The van der Waals surface area contributed by atoms with Crippen molar-refractivity contribution in [1.29, 1.82) is 0 Å². The molecule has 0 aliphatic rings. The van der Waals surface area contributed by atoms with Gasteiger partial charge in [-0.3, -0.25) is 0 Å². The average Bonchev–Trinajstić information content (AvgIpc) is 3.07. The summed E-state index contributed by atoms with van der Waals surface area (Å²) in [5, 5.41) is 18.5. The molecule has 0 amide bonds.